The van der Waals surface area contributed by atoms with Crippen molar-refractivity contribution in [3.8, 4) is 0 Å². The Morgan fingerprint density at radius 1 is 0.273 bits per heavy atom. The first-order valence-corrected chi connectivity index (χ1v) is 34.6. The van der Waals surface area contributed by atoms with Crippen molar-refractivity contribution >= 4 is 30.0 Å². The van der Waals surface area contributed by atoms with Crippen molar-refractivity contribution in [2.45, 2.75) is 184 Å². The van der Waals surface area contributed by atoms with E-state index in [1.807, 2.05) is 0 Å². The van der Waals surface area contributed by atoms with Gasteiger partial charge in [-0.15, -0.1) is 0 Å². The number of nitrogens with zero attached hydrogens (tertiary/aromatic N) is 13. The van der Waals surface area contributed by atoms with Crippen LogP contribution in [0, 0.1) is 0 Å². The zero-order valence-corrected chi connectivity index (χ0v) is 51.7. The minimum atomic E-state index is -4.91. The molecule has 0 aromatic rings. The Morgan fingerprint density at radius 3 is 0.652 bits per heavy atom. The SMILES string of the molecule is CCCCCCCCOP(N=P(N(CC)CC)(N(CC)CC)N(CC)CC)(N=P(N(CC)CC)(N(CC)CC)N(CC)CC)(N=P(N(CC)CC)(N(CC)CC)N(CC)CC)N(CC)CC. The summed E-state index contributed by atoms with van der Waals surface area (Å²) in [5.41, 5.74) is 0. The summed E-state index contributed by atoms with van der Waals surface area (Å²) in [6, 6.07) is 0. The fourth-order valence-corrected chi connectivity index (χ4v) is 34.5. The second-order valence-corrected chi connectivity index (χ2v) is 29.7. The van der Waals surface area contributed by atoms with Crippen LogP contribution in [0.5, 0.6) is 0 Å². The molecule has 0 aromatic heterocycles. The summed E-state index contributed by atoms with van der Waals surface area (Å²) in [5, 5.41) is 0. The summed E-state index contributed by atoms with van der Waals surface area (Å²) in [4.78, 5) is 0. The Morgan fingerprint density at radius 2 is 0.470 bits per heavy atom. The van der Waals surface area contributed by atoms with Crippen LogP contribution >= 0.6 is 30.0 Å². The Hall–Kier alpha value is 0.680. The molecule has 0 rings (SSSR count). The zero-order valence-electron chi connectivity index (χ0n) is 48.1. The summed E-state index contributed by atoms with van der Waals surface area (Å²) in [7, 11) is -13.5. The van der Waals surface area contributed by atoms with Crippen LogP contribution in [0.4, 0.5) is 0 Å². The van der Waals surface area contributed by atoms with E-state index in [1.54, 1.807) is 0 Å². The van der Waals surface area contributed by atoms with Gasteiger partial charge in [-0.2, -0.15) is 0 Å². The molecule has 18 heteroatoms. The van der Waals surface area contributed by atoms with Gasteiger partial charge in [-0.25, -0.2) is 0 Å². The van der Waals surface area contributed by atoms with Crippen molar-refractivity contribution in [3.05, 3.63) is 0 Å². The van der Waals surface area contributed by atoms with Gasteiger partial charge in [-0.1, -0.05) is 0 Å². The van der Waals surface area contributed by atoms with Crippen LogP contribution in [0.15, 0.2) is 13.5 Å². The molecule has 0 radical (unpaired) electrons. The normalized spacial score (nSPS) is 14.2. The first-order chi connectivity index (χ1) is 31.7. The quantitative estimate of drug-likeness (QED) is 0.0434. The second kappa shape index (κ2) is 34.2. The Balaban J connectivity index is 11.8. The predicted molar refractivity (Wildman–Crippen MR) is 304 cm³/mol. The Labute approximate surface area is 414 Å². The van der Waals surface area contributed by atoms with Crippen LogP contribution in [-0.4, -0.2) is 184 Å². The molecular weight excluding hydrogens is 899 g/mol. The Bertz CT molecular complexity index is 1150. The molecule has 0 spiro atoms. The molecule has 0 aliphatic rings. The number of hydrogen-bond acceptors (Lipinski definition) is 5. The van der Waals surface area contributed by atoms with Gasteiger partial charge in [-0.3, -0.25) is 0 Å². The topological polar surface area (TPSA) is 78.7 Å². The third kappa shape index (κ3) is 14.5. The standard InChI is InChI=1S/C48H117N13OP4/c1-22-43-44-45-46-47-48-62-66(61(41-20)42-21,49-63(52(23-2)24-3,53(25-4)26-5)54(27-6)28-7,50-64(55(29-8)30-9,56(31-10)32-11)57(33-12)34-13)51-65(58(35-14)36-15,59(37-16)38-17)60(39-18)40-19/h22-48H2,1-21H3. The minimum absolute atomic E-state index is 0.565. The fourth-order valence-electron chi connectivity index (χ4n) is 10.4. The van der Waals surface area contributed by atoms with E-state index in [2.05, 4.69) is 192 Å². The fraction of sp³-hybridized carbons (Fsp3) is 1.00. The molecule has 0 unspecified atom stereocenters. The van der Waals surface area contributed by atoms with Gasteiger partial charge in [0.25, 0.3) is 0 Å². The van der Waals surface area contributed by atoms with Gasteiger partial charge in [-0.05, 0) is 0 Å². The molecule has 0 aromatic carbocycles. The van der Waals surface area contributed by atoms with Gasteiger partial charge in [0, 0.05) is 0 Å². The third-order valence-electron chi connectivity index (χ3n) is 13.9. The van der Waals surface area contributed by atoms with Gasteiger partial charge < -0.3 is 0 Å². The third-order valence-corrected chi connectivity index (χ3v) is 34.6. The van der Waals surface area contributed by atoms with Crippen molar-refractivity contribution in [3.63, 3.8) is 0 Å². The van der Waals surface area contributed by atoms with E-state index in [4.69, 9.17) is 18.1 Å². The molecule has 0 aliphatic carbocycles. The molecule has 0 heterocycles. The first-order valence-electron chi connectivity index (χ1n) is 27.8. The summed E-state index contributed by atoms with van der Waals surface area (Å²) in [5.74, 6) is 0. The molecule has 0 amide bonds. The van der Waals surface area contributed by atoms with Crippen LogP contribution < -0.4 is 0 Å². The monoisotopic (exact) mass is 1020 g/mol. The van der Waals surface area contributed by atoms with Crippen molar-refractivity contribution in [1.82, 2.24) is 46.7 Å². The van der Waals surface area contributed by atoms with Crippen LogP contribution in [0.25, 0.3) is 0 Å². The van der Waals surface area contributed by atoms with Crippen LogP contribution in [0.2, 0.25) is 0 Å². The van der Waals surface area contributed by atoms with E-state index in [-0.39, 0.29) is 0 Å². The van der Waals surface area contributed by atoms with Crippen LogP contribution in [-0.2, 0) is 4.52 Å². The number of rotatable bonds is 41. The Kier molecular flexibility index (Phi) is 34.5. The van der Waals surface area contributed by atoms with E-state index in [0.29, 0.717) is 6.61 Å². The molecule has 0 saturated carbocycles. The molecular formula is C48H117N13OP4. The molecule has 0 atom stereocenters. The molecule has 0 aliphatic heterocycles. The molecule has 66 heavy (non-hydrogen) atoms. The van der Waals surface area contributed by atoms with E-state index >= 15 is 0 Å². The van der Waals surface area contributed by atoms with E-state index in [9.17, 15) is 0 Å². The first kappa shape index (κ1) is 66.7. The maximum atomic E-state index is 8.59. The second-order valence-electron chi connectivity index (χ2n) is 16.7. The maximum absolute atomic E-state index is 8.59. The zero-order chi connectivity index (χ0) is 50.6. The van der Waals surface area contributed by atoms with Crippen molar-refractivity contribution in [2.24, 2.45) is 13.5 Å². The van der Waals surface area contributed by atoms with E-state index in [1.165, 1.54) is 25.7 Å². The van der Waals surface area contributed by atoms with E-state index in [0.717, 1.165) is 144 Å². The molecule has 0 saturated heterocycles. The van der Waals surface area contributed by atoms with Crippen molar-refractivity contribution in [1.29, 1.82) is 0 Å². The molecule has 0 N–H and O–H groups in total. The van der Waals surface area contributed by atoms with Crippen molar-refractivity contribution < 1.29 is 4.52 Å². The predicted octanol–water partition coefficient (Wildman–Crippen LogP) is 14.7. The van der Waals surface area contributed by atoms with Gasteiger partial charge in [0.05, 0.1) is 0 Å². The molecule has 400 valence electrons. The van der Waals surface area contributed by atoms with Crippen LogP contribution in [0.3, 0.4) is 0 Å². The number of unbranched alkanes of at least 4 members (excludes halogenated alkanes) is 5. The summed E-state index contributed by atoms with van der Waals surface area (Å²) >= 11 is 0. The summed E-state index contributed by atoms with van der Waals surface area (Å²) < 4.78 is 57.4. The van der Waals surface area contributed by atoms with Gasteiger partial charge >= 0.3 is 416 Å². The average Bonchev–Trinajstić information content (AvgIpc) is 3.32. The molecule has 14 nitrogen and oxygen atoms in total. The van der Waals surface area contributed by atoms with Gasteiger partial charge in [0.1, 0.15) is 0 Å². The van der Waals surface area contributed by atoms with E-state index < -0.39 is 30.0 Å². The van der Waals surface area contributed by atoms with Crippen LogP contribution in [0.1, 0.15) is 184 Å². The molecule has 0 bridgehead atoms. The summed E-state index contributed by atoms with van der Waals surface area (Å²) in [6.07, 6.45) is 7.07. The average molecular weight is 1020 g/mol. The summed E-state index contributed by atoms with van der Waals surface area (Å²) in [6.45, 7) is 67.1. The van der Waals surface area contributed by atoms with Crippen molar-refractivity contribution in [2.75, 3.05) is 138 Å². The van der Waals surface area contributed by atoms with Gasteiger partial charge in [0.2, 0.25) is 0 Å². The number of hydrogen-bond donors (Lipinski definition) is 0. The molecule has 0 fully saturated rings. The van der Waals surface area contributed by atoms with Gasteiger partial charge in [0.15, 0.2) is 0 Å².